The standard InChI is InChI=1S/C15H21N5O3/c1-5-19(14(22)23-15(2,3)4)8-9-20(11-21)13-17-7-6-12(10-16)18-13/h6-7,11H,5,8-9H2,1-4H3. The van der Waals surface area contributed by atoms with E-state index in [1.807, 2.05) is 13.0 Å². The number of nitriles is 1. The van der Waals surface area contributed by atoms with Gasteiger partial charge in [-0.15, -0.1) is 0 Å². The van der Waals surface area contributed by atoms with Crippen LogP contribution in [-0.4, -0.2) is 52.6 Å². The van der Waals surface area contributed by atoms with E-state index >= 15 is 0 Å². The van der Waals surface area contributed by atoms with Crippen LogP contribution in [0.25, 0.3) is 0 Å². The Kier molecular flexibility index (Phi) is 6.45. The molecule has 0 aliphatic carbocycles. The fourth-order valence-electron chi connectivity index (χ4n) is 1.68. The van der Waals surface area contributed by atoms with Crippen molar-refractivity contribution in [1.82, 2.24) is 14.9 Å². The summed E-state index contributed by atoms with van der Waals surface area (Å²) in [4.78, 5) is 33.9. The van der Waals surface area contributed by atoms with E-state index in [1.165, 1.54) is 22.1 Å². The second-order valence-electron chi connectivity index (χ2n) is 5.71. The molecule has 0 bridgehead atoms. The van der Waals surface area contributed by atoms with Gasteiger partial charge in [0.05, 0.1) is 0 Å². The minimum atomic E-state index is -0.584. The van der Waals surface area contributed by atoms with Crippen molar-refractivity contribution in [2.75, 3.05) is 24.5 Å². The summed E-state index contributed by atoms with van der Waals surface area (Å²) >= 11 is 0. The van der Waals surface area contributed by atoms with Crippen LogP contribution in [0, 0.1) is 11.3 Å². The van der Waals surface area contributed by atoms with E-state index in [4.69, 9.17) is 10.00 Å². The van der Waals surface area contributed by atoms with Gasteiger partial charge in [0.2, 0.25) is 12.4 Å². The van der Waals surface area contributed by atoms with Gasteiger partial charge in [-0.2, -0.15) is 5.26 Å². The highest BCUT2D eigenvalue weighted by Crippen LogP contribution is 2.10. The Morgan fingerprint density at radius 1 is 1.43 bits per heavy atom. The van der Waals surface area contributed by atoms with Crippen LogP contribution in [0.1, 0.15) is 33.4 Å². The predicted molar refractivity (Wildman–Crippen MR) is 83.6 cm³/mol. The van der Waals surface area contributed by atoms with Gasteiger partial charge in [0, 0.05) is 25.8 Å². The SMILES string of the molecule is CCN(CCN(C=O)c1nccc(C#N)n1)C(=O)OC(C)(C)C. The van der Waals surface area contributed by atoms with Gasteiger partial charge < -0.3 is 9.64 Å². The van der Waals surface area contributed by atoms with Gasteiger partial charge in [0.1, 0.15) is 17.4 Å². The molecule has 1 heterocycles. The van der Waals surface area contributed by atoms with Crippen molar-refractivity contribution in [3.63, 3.8) is 0 Å². The molecular weight excluding hydrogens is 298 g/mol. The molecule has 0 saturated heterocycles. The zero-order valence-electron chi connectivity index (χ0n) is 13.8. The molecule has 1 aromatic rings. The lowest BCUT2D eigenvalue weighted by molar-refractivity contribution is -0.107. The molecule has 1 rings (SSSR count). The molecule has 8 nitrogen and oxygen atoms in total. The first-order chi connectivity index (χ1) is 10.8. The lowest BCUT2D eigenvalue weighted by atomic mass is 10.2. The number of likely N-dealkylation sites (N-methyl/N-ethyl adjacent to an activating group) is 1. The third kappa shape index (κ3) is 5.90. The Morgan fingerprint density at radius 2 is 2.13 bits per heavy atom. The van der Waals surface area contributed by atoms with E-state index in [0.29, 0.717) is 13.0 Å². The Hall–Kier alpha value is -2.69. The van der Waals surface area contributed by atoms with Crippen LogP contribution in [0.15, 0.2) is 12.3 Å². The average molecular weight is 319 g/mol. The molecule has 0 N–H and O–H groups in total. The third-order valence-corrected chi connectivity index (χ3v) is 2.79. The zero-order chi connectivity index (χ0) is 17.5. The highest BCUT2D eigenvalue weighted by molar-refractivity contribution is 5.72. The largest absolute Gasteiger partial charge is 0.444 e. The van der Waals surface area contributed by atoms with Gasteiger partial charge in [0.15, 0.2) is 0 Å². The summed E-state index contributed by atoms with van der Waals surface area (Å²) in [5.41, 5.74) is -0.416. The van der Waals surface area contributed by atoms with Crippen molar-refractivity contribution in [3.05, 3.63) is 18.0 Å². The Labute approximate surface area is 135 Å². The quantitative estimate of drug-likeness (QED) is 0.738. The van der Waals surface area contributed by atoms with E-state index in [9.17, 15) is 9.59 Å². The minimum absolute atomic E-state index is 0.124. The number of aromatic nitrogens is 2. The Balaban J connectivity index is 2.73. The molecule has 0 radical (unpaired) electrons. The van der Waals surface area contributed by atoms with Crippen molar-refractivity contribution < 1.29 is 14.3 Å². The van der Waals surface area contributed by atoms with Crippen molar-refractivity contribution in [1.29, 1.82) is 5.26 Å². The number of anilines is 1. The summed E-state index contributed by atoms with van der Waals surface area (Å²) in [6.45, 7) is 8.10. The first kappa shape index (κ1) is 18.4. The Morgan fingerprint density at radius 3 is 2.65 bits per heavy atom. The normalized spacial score (nSPS) is 10.6. The molecule has 0 unspecified atom stereocenters. The van der Waals surface area contributed by atoms with Gasteiger partial charge in [-0.3, -0.25) is 9.69 Å². The van der Waals surface area contributed by atoms with Crippen LogP contribution in [0.5, 0.6) is 0 Å². The van der Waals surface area contributed by atoms with Crippen molar-refractivity contribution in [3.8, 4) is 6.07 Å². The van der Waals surface area contributed by atoms with E-state index < -0.39 is 11.7 Å². The average Bonchev–Trinajstić information content (AvgIpc) is 2.50. The Bertz CT molecular complexity index is 592. The number of amides is 2. The molecule has 2 amide bonds. The molecule has 0 atom stereocenters. The van der Waals surface area contributed by atoms with Gasteiger partial charge in [-0.25, -0.2) is 14.8 Å². The molecule has 0 fully saturated rings. The van der Waals surface area contributed by atoms with Crippen LogP contribution in [0.2, 0.25) is 0 Å². The second-order valence-corrected chi connectivity index (χ2v) is 5.71. The summed E-state index contributed by atoms with van der Waals surface area (Å²) in [6, 6.07) is 3.34. The van der Waals surface area contributed by atoms with E-state index in [2.05, 4.69) is 9.97 Å². The molecule has 0 aromatic carbocycles. The topological polar surface area (TPSA) is 99.4 Å². The summed E-state index contributed by atoms with van der Waals surface area (Å²) in [5, 5.41) is 8.84. The van der Waals surface area contributed by atoms with Crippen molar-refractivity contribution in [2.45, 2.75) is 33.3 Å². The predicted octanol–water partition coefficient (Wildman–Crippen LogP) is 1.57. The monoisotopic (exact) mass is 319 g/mol. The summed E-state index contributed by atoms with van der Waals surface area (Å²) < 4.78 is 5.30. The van der Waals surface area contributed by atoms with Gasteiger partial charge in [-0.1, -0.05) is 0 Å². The first-order valence-corrected chi connectivity index (χ1v) is 7.23. The zero-order valence-corrected chi connectivity index (χ0v) is 13.8. The molecular formula is C15H21N5O3. The first-order valence-electron chi connectivity index (χ1n) is 7.23. The fourth-order valence-corrected chi connectivity index (χ4v) is 1.68. The molecule has 124 valence electrons. The van der Waals surface area contributed by atoms with Crippen LogP contribution in [0.3, 0.4) is 0 Å². The van der Waals surface area contributed by atoms with Crippen LogP contribution < -0.4 is 4.90 Å². The van der Waals surface area contributed by atoms with Gasteiger partial charge in [-0.05, 0) is 33.8 Å². The summed E-state index contributed by atoms with van der Waals surface area (Å²) in [6.07, 6.45) is 1.53. The van der Waals surface area contributed by atoms with Crippen LogP contribution in [0.4, 0.5) is 10.7 Å². The van der Waals surface area contributed by atoms with E-state index in [1.54, 1.807) is 20.8 Å². The second kappa shape index (κ2) is 8.08. The number of hydrogen-bond acceptors (Lipinski definition) is 6. The summed E-state index contributed by atoms with van der Waals surface area (Å²) in [7, 11) is 0. The van der Waals surface area contributed by atoms with Gasteiger partial charge >= 0.3 is 6.09 Å². The molecule has 8 heteroatoms. The number of ether oxygens (including phenoxy) is 1. The van der Waals surface area contributed by atoms with E-state index in [0.717, 1.165) is 0 Å². The molecule has 23 heavy (non-hydrogen) atoms. The van der Waals surface area contributed by atoms with Crippen molar-refractivity contribution in [2.24, 2.45) is 0 Å². The molecule has 0 spiro atoms. The van der Waals surface area contributed by atoms with E-state index in [-0.39, 0.29) is 24.7 Å². The van der Waals surface area contributed by atoms with Gasteiger partial charge in [0.25, 0.3) is 0 Å². The molecule has 0 aliphatic rings. The fraction of sp³-hybridized carbons (Fsp3) is 0.533. The van der Waals surface area contributed by atoms with Crippen molar-refractivity contribution >= 4 is 18.5 Å². The maximum atomic E-state index is 12.1. The molecule has 1 aromatic heterocycles. The molecule has 0 saturated carbocycles. The maximum Gasteiger partial charge on any atom is 0.410 e. The van der Waals surface area contributed by atoms with Crippen LogP contribution >= 0.6 is 0 Å². The number of rotatable bonds is 6. The number of carbonyl (C=O) groups excluding carboxylic acids is 2. The third-order valence-electron chi connectivity index (χ3n) is 2.79. The number of carbonyl (C=O) groups is 2. The number of nitrogens with zero attached hydrogens (tertiary/aromatic N) is 5. The number of hydrogen-bond donors (Lipinski definition) is 0. The minimum Gasteiger partial charge on any atom is -0.444 e. The highest BCUT2D eigenvalue weighted by Gasteiger charge is 2.22. The summed E-state index contributed by atoms with van der Waals surface area (Å²) in [5.74, 6) is 0.124. The lowest BCUT2D eigenvalue weighted by Gasteiger charge is -2.27. The highest BCUT2D eigenvalue weighted by atomic mass is 16.6. The molecule has 0 aliphatic heterocycles. The smallest absolute Gasteiger partial charge is 0.410 e. The maximum absolute atomic E-state index is 12.1. The van der Waals surface area contributed by atoms with Crippen LogP contribution in [-0.2, 0) is 9.53 Å². The lowest BCUT2D eigenvalue weighted by Crippen LogP contribution is -2.41.